The number of benzene rings is 2. The Kier molecular flexibility index (Phi) is 9.08. The third-order valence-corrected chi connectivity index (χ3v) is 6.55. The minimum absolute atomic E-state index is 0.00446. The number of nitrogens with zero attached hydrogens (tertiary/aromatic N) is 1. The van der Waals surface area contributed by atoms with Gasteiger partial charge in [0.05, 0.1) is 13.5 Å². The summed E-state index contributed by atoms with van der Waals surface area (Å²) in [7, 11) is 1.60. The summed E-state index contributed by atoms with van der Waals surface area (Å²) in [5.41, 5.74) is 1.40. The van der Waals surface area contributed by atoms with Gasteiger partial charge in [-0.3, -0.25) is 14.4 Å². The van der Waals surface area contributed by atoms with Crippen LogP contribution in [-0.2, 0) is 16.0 Å². The Hall–Kier alpha value is -3.35. The summed E-state index contributed by atoms with van der Waals surface area (Å²) < 4.78 is 5.35. The molecule has 7 nitrogen and oxygen atoms in total. The predicted molar refractivity (Wildman–Crippen MR) is 132 cm³/mol. The highest BCUT2D eigenvalue weighted by Crippen LogP contribution is 2.20. The van der Waals surface area contributed by atoms with E-state index < -0.39 is 6.04 Å². The number of hydrogen-bond donors (Lipinski definition) is 2. The van der Waals surface area contributed by atoms with E-state index in [9.17, 15) is 14.4 Å². The van der Waals surface area contributed by atoms with Gasteiger partial charge in [0.25, 0.3) is 5.91 Å². The lowest BCUT2D eigenvalue weighted by Crippen LogP contribution is -2.54. The fraction of sp³-hybridized carbons (Fsp3) is 0.444. The predicted octanol–water partition coefficient (Wildman–Crippen LogP) is 3.19. The molecule has 2 N–H and O–H groups in total. The number of rotatable bonds is 9. The summed E-state index contributed by atoms with van der Waals surface area (Å²) in [6.45, 7) is 5.15. The van der Waals surface area contributed by atoms with Crippen LogP contribution in [0.4, 0.5) is 0 Å². The second kappa shape index (κ2) is 12.2. The molecule has 1 aliphatic heterocycles. The molecular formula is C27H35N3O4. The lowest BCUT2D eigenvalue weighted by Gasteiger charge is -2.34. The summed E-state index contributed by atoms with van der Waals surface area (Å²) in [4.78, 5) is 40.4. The Balaban J connectivity index is 1.53. The summed E-state index contributed by atoms with van der Waals surface area (Å²) in [6, 6.07) is 15.8. The van der Waals surface area contributed by atoms with Crippen molar-refractivity contribution in [2.24, 2.45) is 5.92 Å². The largest absolute Gasteiger partial charge is 0.496 e. The number of nitrogens with one attached hydrogen (secondary N) is 2. The van der Waals surface area contributed by atoms with Crippen LogP contribution in [0.2, 0.25) is 0 Å². The Morgan fingerprint density at radius 3 is 2.32 bits per heavy atom. The zero-order valence-electron chi connectivity index (χ0n) is 20.3. The molecule has 0 spiro atoms. The standard InChI is InChI=1S/C27H35N3O4/c1-4-19(2)25(29-26(32)20-10-6-5-7-11-20)27(33)28-22-14-16-30(17-15-22)24(31)18-21-12-8-9-13-23(21)34-3/h5-13,19,22,25H,4,14-18H2,1-3H3,(H,28,33)(H,29,32). The third kappa shape index (κ3) is 6.59. The topological polar surface area (TPSA) is 87.7 Å². The van der Waals surface area contributed by atoms with Gasteiger partial charge in [0.15, 0.2) is 0 Å². The number of carbonyl (C=O) groups is 3. The molecule has 0 bridgehead atoms. The van der Waals surface area contributed by atoms with Crippen LogP contribution in [0.1, 0.15) is 49.0 Å². The normalized spacial score (nSPS) is 15.8. The van der Waals surface area contributed by atoms with Crippen molar-refractivity contribution in [3.05, 3.63) is 65.7 Å². The lowest BCUT2D eigenvalue weighted by molar-refractivity contribution is -0.131. The molecule has 0 radical (unpaired) electrons. The van der Waals surface area contributed by atoms with Gasteiger partial charge in [-0.25, -0.2) is 0 Å². The van der Waals surface area contributed by atoms with E-state index in [1.54, 1.807) is 31.4 Å². The van der Waals surface area contributed by atoms with Crippen molar-refractivity contribution in [3.8, 4) is 5.75 Å². The Bertz CT molecular complexity index is 971. The molecule has 3 amide bonds. The minimum atomic E-state index is -0.608. The van der Waals surface area contributed by atoms with Crippen LogP contribution in [0.3, 0.4) is 0 Å². The van der Waals surface area contributed by atoms with Crippen LogP contribution in [-0.4, -0.2) is 54.9 Å². The molecule has 2 atom stereocenters. The molecule has 2 unspecified atom stereocenters. The molecule has 0 aliphatic carbocycles. The highest BCUT2D eigenvalue weighted by atomic mass is 16.5. The van der Waals surface area contributed by atoms with E-state index in [0.717, 1.165) is 12.0 Å². The highest BCUT2D eigenvalue weighted by Gasteiger charge is 2.30. The number of piperidine rings is 1. The first-order valence-corrected chi connectivity index (χ1v) is 12.0. The molecule has 2 aromatic carbocycles. The second-order valence-corrected chi connectivity index (χ2v) is 8.85. The maximum atomic E-state index is 13.1. The van der Waals surface area contributed by atoms with Crippen molar-refractivity contribution < 1.29 is 19.1 Å². The van der Waals surface area contributed by atoms with Crippen molar-refractivity contribution in [2.75, 3.05) is 20.2 Å². The first-order chi connectivity index (χ1) is 16.4. The molecule has 34 heavy (non-hydrogen) atoms. The van der Waals surface area contributed by atoms with Crippen LogP contribution in [0.15, 0.2) is 54.6 Å². The molecule has 1 aliphatic rings. The van der Waals surface area contributed by atoms with Gasteiger partial charge in [-0.15, -0.1) is 0 Å². The fourth-order valence-corrected chi connectivity index (χ4v) is 4.20. The molecule has 0 aromatic heterocycles. The van der Waals surface area contributed by atoms with Gasteiger partial charge in [-0.05, 0) is 37.0 Å². The van der Waals surface area contributed by atoms with Crippen LogP contribution in [0.5, 0.6) is 5.75 Å². The molecule has 1 heterocycles. The average molecular weight is 466 g/mol. The molecular weight excluding hydrogens is 430 g/mol. The zero-order chi connectivity index (χ0) is 24.5. The van der Waals surface area contributed by atoms with Crippen LogP contribution < -0.4 is 15.4 Å². The van der Waals surface area contributed by atoms with Crippen molar-refractivity contribution in [1.29, 1.82) is 0 Å². The summed E-state index contributed by atoms with van der Waals surface area (Å²) in [5.74, 6) is 0.346. The number of hydrogen-bond acceptors (Lipinski definition) is 4. The molecule has 3 rings (SSSR count). The van der Waals surface area contributed by atoms with Crippen molar-refractivity contribution in [2.45, 2.75) is 51.6 Å². The summed E-state index contributed by atoms with van der Waals surface area (Å²) >= 11 is 0. The molecule has 1 saturated heterocycles. The number of ether oxygens (including phenoxy) is 1. The van der Waals surface area contributed by atoms with E-state index in [1.807, 2.05) is 49.1 Å². The number of likely N-dealkylation sites (tertiary alicyclic amines) is 1. The van der Waals surface area contributed by atoms with E-state index in [-0.39, 0.29) is 29.7 Å². The van der Waals surface area contributed by atoms with Gasteiger partial charge in [-0.1, -0.05) is 56.7 Å². The molecule has 182 valence electrons. The average Bonchev–Trinajstić information content (AvgIpc) is 2.87. The van der Waals surface area contributed by atoms with Gasteiger partial charge in [0.2, 0.25) is 11.8 Å². The molecule has 2 aromatic rings. The zero-order valence-corrected chi connectivity index (χ0v) is 20.3. The maximum Gasteiger partial charge on any atom is 0.251 e. The van der Waals surface area contributed by atoms with E-state index in [4.69, 9.17) is 4.74 Å². The Labute approximate surface area is 201 Å². The van der Waals surface area contributed by atoms with E-state index >= 15 is 0 Å². The highest BCUT2D eigenvalue weighted by molar-refractivity contribution is 5.97. The first kappa shape index (κ1) is 25.3. The minimum Gasteiger partial charge on any atom is -0.496 e. The Morgan fingerprint density at radius 1 is 1.03 bits per heavy atom. The monoisotopic (exact) mass is 465 g/mol. The quantitative estimate of drug-likeness (QED) is 0.595. The van der Waals surface area contributed by atoms with Gasteiger partial charge >= 0.3 is 0 Å². The van der Waals surface area contributed by atoms with E-state index in [2.05, 4.69) is 10.6 Å². The van der Waals surface area contributed by atoms with Gasteiger partial charge in [-0.2, -0.15) is 0 Å². The van der Waals surface area contributed by atoms with Crippen molar-refractivity contribution >= 4 is 17.7 Å². The molecule has 7 heteroatoms. The fourth-order valence-electron chi connectivity index (χ4n) is 4.20. The van der Waals surface area contributed by atoms with Crippen LogP contribution in [0, 0.1) is 5.92 Å². The summed E-state index contributed by atoms with van der Waals surface area (Å²) in [6.07, 6.45) is 2.43. The molecule has 0 saturated carbocycles. The number of methoxy groups -OCH3 is 1. The first-order valence-electron chi connectivity index (χ1n) is 12.0. The van der Waals surface area contributed by atoms with Gasteiger partial charge in [0.1, 0.15) is 11.8 Å². The van der Waals surface area contributed by atoms with Crippen molar-refractivity contribution in [3.63, 3.8) is 0 Å². The van der Waals surface area contributed by atoms with Crippen LogP contribution in [0.25, 0.3) is 0 Å². The third-order valence-electron chi connectivity index (χ3n) is 6.55. The summed E-state index contributed by atoms with van der Waals surface area (Å²) in [5, 5.41) is 6.02. The molecule has 1 fully saturated rings. The number of para-hydroxylation sites is 1. The number of carbonyl (C=O) groups excluding carboxylic acids is 3. The SMILES string of the molecule is CCC(C)C(NC(=O)c1ccccc1)C(=O)NC1CCN(C(=O)Cc2ccccc2OC)CC1. The van der Waals surface area contributed by atoms with Crippen molar-refractivity contribution in [1.82, 2.24) is 15.5 Å². The van der Waals surface area contributed by atoms with Gasteiger partial charge < -0.3 is 20.3 Å². The van der Waals surface area contributed by atoms with E-state index in [0.29, 0.717) is 43.7 Å². The lowest BCUT2D eigenvalue weighted by atomic mass is 9.96. The van der Waals surface area contributed by atoms with Gasteiger partial charge in [0, 0.05) is 30.3 Å². The maximum absolute atomic E-state index is 13.1. The number of amides is 3. The van der Waals surface area contributed by atoms with E-state index in [1.165, 1.54) is 0 Å². The Morgan fingerprint density at radius 2 is 1.68 bits per heavy atom. The smallest absolute Gasteiger partial charge is 0.251 e. The van der Waals surface area contributed by atoms with Crippen LogP contribution >= 0.6 is 0 Å². The second-order valence-electron chi connectivity index (χ2n) is 8.85.